The number of hydrogen-bond acceptors (Lipinski definition) is 3. The first-order chi connectivity index (χ1) is 12.3. The van der Waals surface area contributed by atoms with Crippen molar-refractivity contribution in [3.05, 3.63) is 71.8 Å². The summed E-state index contributed by atoms with van der Waals surface area (Å²) in [5.74, 6) is -3.69. The van der Waals surface area contributed by atoms with Gasteiger partial charge in [0.15, 0.2) is 0 Å². The largest absolute Gasteiger partial charge is 0.481 e. The topological polar surface area (TPSA) is 112 Å². The number of benzene rings is 2. The van der Waals surface area contributed by atoms with E-state index in [1.807, 2.05) is 0 Å². The predicted molar refractivity (Wildman–Crippen MR) is 97.1 cm³/mol. The molecule has 0 aliphatic rings. The summed E-state index contributed by atoms with van der Waals surface area (Å²) in [5.41, 5.74) is -0.130. The van der Waals surface area contributed by atoms with Crippen molar-refractivity contribution in [3.63, 3.8) is 0 Å². The zero-order chi connectivity index (χ0) is 19.2. The van der Waals surface area contributed by atoms with Gasteiger partial charge in [-0.3, -0.25) is 14.2 Å². The van der Waals surface area contributed by atoms with Crippen LogP contribution in [-0.4, -0.2) is 27.0 Å². The summed E-state index contributed by atoms with van der Waals surface area (Å²) in [6, 6.07) is 17.0. The molecule has 0 heterocycles. The van der Waals surface area contributed by atoms with Crippen molar-refractivity contribution >= 4 is 19.3 Å². The second-order valence-electron chi connectivity index (χ2n) is 6.13. The molecule has 3 unspecified atom stereocenters. The van der Waals surface area contributed by atoms with Crippen molar-refractivity contribution < 1.29 is 29.3 Å². The maximum Gasteiger partial charge on any atom is 0.307 e. The van der Waals surface area contributed by atoms with E-state index in [2.05, 4.69) is 0 Å². The van der Waals surface area contributed by atoms with Crippen LogP contribution in [0.25, 0.3) is 0 Å². The molecule has 2 aromatic rings. The van der Waals surface area contributed by atoms with Gasteiger partial charge in [0.05, 0.1) is 17.7 Å². The lowest BCUT2D eigenvalue weighted by Gasteiger charge is -2.29. The van der Waals surface area contributed by atoms with Gasteiger partial charge in [0.1, 0.15) is 0 Å². The van der Waals surface area contributed by atoms with Gasteiger partial charge in [-0.15, -0.1) is 0 Å². The highest BCUT2D eigenvalue weighted by molar-refractivity contribution is 7.57. The van der Waals surface area contributed by atoms with E-state index in [1.165, 1.54) is 0 Å². The van der Waals surface area contributed by atoms with Crippen molar-refractivity contribution in [1.29, 1.82) is 0 Å². The Balaban J connectivity index is 2.43. The number of carboxylic acids is 2. The number of carbonyl (C=O) groups is 2. The Morgan fingerprint density at radius 3 is 1.96 bits per heavy atom. The highest BCUT2D eigenvalue weighted by Gasteiger charge is 2.42. The fraction of sp³-hybridized carbons (Fsp3) is 0.263. The number of carboxylic acid groups (broad SMARTS) is 2. The van der Waals surface area contributed by atoms with Gasteiger partial charge in [0, 0.05) is 6.42 Å². The molecule has 0 aliphatic heterocycles. The predicted octanol–water partition coefficient (Wildman–Crippen LogP) is 3.76. The fourth-order valence-corrected chi connectivity index (χ4v) is 5.44. The van der Waals surface area contributed by atoms with Crippen LogP contribution in [0.1, 0.15) is 29.6 Å². The lowest BCUT2D eigenvalue weighted by atomic mass is 9.94. The van der Waals surface area contributed by atoms with Crippen molar-refractivity contribution in [3.8, 4) is 0 Å². The quantitative estimate of drug-likeness (QED) is 0.575. The van der Waals surface area contributed by atoms with Gasteiger partial charge < -0.3 is 15.1 Å². The van der Waals surface area contributed by atoms with Gasteiger partial charge in [-0.05, 0) is 17.5 Å². The lowest BCUT2D eigenvalue weighted by Crippen LogP contribution is -2.24. The van der Waals surface area contributed by atoms with Crippen LogP contribution in [0, 0.1) is 5.92 Å². The molecule has 2 aromatic carbocycles. The average molecular weight is 376 g/mol. The molecule has 0 aromatic heterocycles. The molecular formula is C19H21O6P. The average Bonchev–Trinajstić information content (AvgIpc) is 2.59. The lowest BCUT2D eigenvalue weighted by molar-refractivity contribution is -0.143. The number of hydrogen-bond donors (Lipinski definition) is 3. The second kappa shape index (κ2) is 8.79. The summed E-state index contributed by atoms with van der Waals surface area (Å²) < 4.78 is 13.2. The van der Waals surface area contributed by atoms with Gasteiger partial charge in [0.2, 0.25) is 7.37 Å². The van der Waals surface area contributed by atoms with E-state index < -0.39 is 30.9 Å². The smallest absolute Gasteiger partial charge is 0.307 e. The maximum atomic E-state index is 13.2. The van der Waals surface area contributed by atoms with Crippen LogP contribution in [-0.2, 0) is 20.3 Å². The Morgan fingerprint density at radius 1 is 0.923 bits per heavy atom. The normalized spacial score (nSPS) is 15.6. The summed E-state index contributed by atoms with van der Waals surface area (Å²) >= 11 is 0. The maximum absolute atomic E-state index is 13.2. The minimum atomic E-state index is -3.99. The molecule has 2 rings (SSSR count). The van der Waals surface area contributed by atoms with Crippen LogP contribution >= 0.6 is 7.37 Å². The van der Waals surface area contributed by atoms with Crippen molar-refractivity contribution in [2.24, 2.45) is 5.92 Å². The fourth-order valence-electron chi connectivity index (χ4n) is 3.04. The van der Waals surface area contributed by atoms with Crippen molar-refractivity contribution in [2.75, 3.05) is 0 Å². The third-order valence-corrected chi connectivity index (χ3v) is 6.54. The van der Waals surface area contributed by atoms with E-state index in [4.69, 9.17) is 5.11 Å². The Kier molecular flexibility index (Phi) is 6.72. The minimum absolute atomic E-state index is 0.176. The van der Waals surface area contributed by atoms with E-state index in [1.54, 1.807) is 60.7 Å². The highest BCUT2D eigenvalue weighted by Crippen LogP contribution is 2.61. The van der Waals surface area contributed by atoms with Crippen molar-refractivity contribution in [2.45, 2.75) is 24.7 Å². The molecule has 0 saturated carbocycles. The molecule has 3 atom stereocenters. The summed E-state index contributed by atoms with van der Waals surface area (Å²) in [5, 5.41) is 18.5. The first-order valence-electron chi connectivity index (χ1n) is 8.16. The van der Waals surface area contributed by atoms with Gasteiger partial charge in [0.25, 0.3) is 0 Å². The molecule has 3 N–H and O–H groups in total. The molecule has 0 aliphatic carbocycles. The summed E-state index contributed by atoms with van der Waals surface area (Å²) in [7, 11) is -3.99. The first kappa shape index (κ1) is 19.9. The molecule has 0 bridgehead atoms. The number of rotatable bonds is 9. The number of aliphatic carboxylic acids is 2. The standard InChI is InChI=1S/C19H21O6P/c20-17(21)12-11-16(19(22)23)18(15-9-5-2-6-10-15)26(24,25)13-14-7-3-1-4-8-14/h1-10,16,18H,11-13H2,(H,20,21)(H,22,23)(H,24,25). The SMILES string of the molecule is O=C(O)CCC(C(=O)O)C(c1ccccc1)P(=O)(O)Cc1ccccc1. The molecular weight excluding hydrogens is 355 g/mol. The van der Waals surface area contributed by atoms with Gasteiger partial charge in [-0.1, -0.05) is 60.7 Å². The van der Waals surface area contributed by atoms with E-state index >= 15 is 0 Å². The molecule has 0 spiro atoms. The Hall–Kier alpha value is -2.43. The molecule has 26 heavy (non-hydrogen) atoms. The third kappa shape index (κ3) is 5.28. The summed E-state index contributed by atoms with van der Waals surface area (Å²) in [6.07, 6.45) is -0.778. The summed E-state index contributed by atoms with van der Waals surface area (Å²) in [4.78, 5) is 33.5. The zero-order valence-corrected chi connectivity index (χ0v) is 15.0. The van der Waals surface area contributed by atoms with Gasteiger partial charge >= 0.3 is 11.9 Å². The van der Waals surface area contributed by atoms with Crippen LogP contribution in [0.3, 0.4) is 0 Å². The monoisotopic (exact) mass is 376 g/mol. The van der Waals surface area contributed by atoms with Crippen LogP contribution in [0.15, 0.2) is 60.7 Å². The Labute approximate surface area is 151 Å². The van der Waals surface area contributed by atoms with E-state index in [-0.39, 0.29) is 19.0 Å². The highest BCUT2D eigenvalue weighted by atomic mass is 31.2. The molecule has 7 heteroatoms. The molecule has 6 nitrogen and oxygen atoms in total. The molecule has 138 valence electrons. The van der Waals surface area contributed by atoms with Gasteiger partial charge in [-0.2, -0.15) is 0 Å². The second-order valence-corrected chi connectivity index (χ2v) is 8.52. The minimum Gasteiger partial charge on any atom is -0.481 e. The van der Waals surface area contributed by atoms with Crippen LogP contribution < -0.4 is 0 Å². The summed E-state index contributed by atoms with van der Waals surface area (Å²) in [6.45, 7) is 0. The molecule has 0 saturated heterocycles. The van der Waals surface area contributed by atoms with E-state index in [0.717, 1.165) is 0 Å². The molecule has 0 fully saturated rings. The Morgan fingerprint density at radius 2 is 1.46 bits per heavy atom. The van der Waals surface area contributed by atoms with Crippen LogP contribution in [0.2, 0.25) is 0 Å². The van der Waals surface area contributed by atoms with E-state index in [0.29, 0.717) is 11.1 Å². The van der Waals surface area contributed by atoms with Gasteiger partial charge in [-0.25, -0.2) is 0 Å². The first-order valence-corrected chi connectivity index (χ1v) is 10.1. The van der Waals surface area contributed by atoms with E-state index in [9.17, 15) is 24.2 Å². The molecule has 0 radical (unpaired) electrons. The third-order valence-electron chi connectivity index (χ3n) is 4.20. The van der Waals surface area contributed by atoms with Crippen molar-refractivity contribution in [1.82, 2.24) is 0 Å². The van der Waals surface area contributed by atoms with Crippen LogP contribution in [0.5, 0.6) is 0 Å². The zero-order valence-electron chi connectivity index (χ0n) is 14.1. The Bertz CT molecular complexity index is 790. The molecule has 0 amide bonds. The van der Waals surface area contributed by atoms with Crippen LogP contribution in [0.4, 0.5) is 0 Å².